The van der Waals surface area contributed by atoms with Crippen molar-refractivity contribution in [3.05, 3.63) is 76.2 Å². The van der Waals surface area contributed by atoms with Crippen molar-refractivity contribution in [2.45, 2.75) is 31.9 Å². The van der Waals surface area contributed by atoms with Gasteiger partial charge in [0.25, 0.3) is 0 Å². The predicted octanol–water partition coefficient (Wildman–Crippen LogP) is 3.44. The first kappa shape index (κ1) is 27.1. The lowest BCUT2D eigenvalue weighted by Gasteiger charge is -2.35. The topological polar surface area (TPSA) is 105 Å². The fourth-order valence-corrected chi connectivity index (χ4v) is 6.30. The van der Waals surface area contributed by atoms with Crippen LogP contribution < -0.4 is 15.2 Å². The number of benzene rings is 2. The molecule has 3 aromatic rings. The molecule has 39 heavy (non-hydrogen) atoms. The third-order valence-electron chi connectivity index (χ3n) is 7.47. The van der Waals surface area contributed by atoms with Crippen LogP contribution in [0.5, 0.6) is 11.5 Å². The molecule has 1 saturated heterocycles. The van der Waals surface area contributed by atoms with E-state index in [4.69, 9.17) is 4.74 Å². The second-order valence-corrected chi connectivity index (χ2v) is 12.1. The van der Waals surface area contributed by atoms with Crippen LogP contribution in [-0.2, 0) is 15.8 Å². The Balaban J connectivity index is 1.39. The SMILES string of the molecule is CCC1(COc2c(N3CCN(S(=O)(=O)Cc4cccc(O)c4)CC3)cnn(-c3cc(F)cc(F)c3)c2=O)CC1. The molecule has 1 aliphatic heterocycles. The number of nitrogens with zero attached hydrogens (tertiary/aromatic N) is 4. The normalized spacial score (nSPS) is 17.3. The second-order valence-electron chi connectivity index (χ2n) is 10.2. The molecule has 0 atom stereocenters. The summed E-state index contributed by atoms with van der Waals surface area (Å²) in [6, 6.07) is 8.89. The number of phenols is 1. The maximum atomic E-state index is 13.9. The van der Waals surface area contributed by atoms with Gasteiger partial charge < -0.3 is 14.7 Å². The minimum absolute atomic E-state index is 0.000636. The van der Waals surface area contributed by atoms with Crippen LogP contribution in [0.15, 0.2) is 53.5 Å². The number of halogens is 2. The lowest BCUT2D eigenvalue weighted by molar-refractivity contribution is 0.225. The summed E-state index contributed by atoms with van der Waals surface area (Å²) in [5.74, 6) is -1.89. The number of hydrogen-bond donors (Lipinski definition) is 1. The van der Waals surface area contributed by atoms with Gasteiger partial charge in [0.15, 0.2) is 0 Å². The Kier molecular flexibility index (Phi) is 7.34. The molecule has 0 unspecified atom stereocenters. The van der Waals surface area contributed by atoms with E-state index in [-0.39, 0.29) is 54.5 Å². The molecule has 12 heteroatoms. The fourth-order valence-electron chi connectivity index (χ4n) is 4.79. The number of aromatic hydroxyl groups is 1. The highest BCUT2D eigenvalue weighted by Crippen LogP contribution is 2.49. The van der Waals surface area contributed by atoms with Crippen molar-refractivity contribution in [1.82, 2.24) is 14.1 Å². The van der Waals surface area contributed by atoms with E-state index in [1.54, 1.807) is 12.1 Å². The van der Waals surface area contributed by atoms with Gasteiger partial charge in [0, 0.05) is 37.7 Å². The summed E-state index contributed by atoms with van der Waals surface area (Å²) in [5, 5.41) is 13.8. The first-order valence-electron chi connectivity index (χ1n) is 12.8. The molecule has 0 radical (unpaired) electrons. The highest BCUT2D eigenvalue weighted by Gasteiger charge is 2.42. The standard InChI is InChI=1S/C27H30F2N4O5S/c1-2-27(6-7-27)18-38-25-24(16-30-33(26(25)35)22-14-20(28)13-21(29)15-22)31-8-10-32(11-9-31)39(36,37)17-19-4-3-5-23(34)12-19/h3-5,12-16,34H,2,6-11,17-18H2,1H3. The number of phenolic OH excluding ortho intramolecular Hbond substituents is 1. The average Bonchev–Trinajstić information content (AvgIpc) is 3.67. The minimum atomic E-state index is -3.64. The molecule has 0 bridgehead atoms. The van der Waals surface area contributed by atoms with E-state index in [9.17, 15) is 27.1 Å². The van der Waals surface area contributed by atoms with Gasteiger partial charge in [0.1, 0.15) is 23.1 Å². The number of anilines is 1. The summed E-state index contributed by atoms with van der Waals surface area (Å²) in [4.78, 5) is 15.4. The molecular formula is C27H30F2N4O5S. The summed E-state index contributed by atoms with van der Waals surface area (Å²) >= 11 is 0. The van der Waals surface area contributed by atoms with Crippen LogP contribution in [-0.4, -0.2) is 60.4 Å². The maximum absolute atomic E-state index is 13.9. The largest absolute Gasteiger partial charge is 0.508 e. The van der Waals surface area contributed by atoms with Gasteiger partial charge in [0.2, 0.25) is 15.8 Å². The molecule has 1 aromatic heterocycles. The molecule has 208 valence electrons. The minimum Gasteiger partial charge on any atom is -0.508 e. The van der Waals surface area contributed by atoms with Crippen molar-refractivity contribution < 1.29 is 27.0 Å². The number of hydrogen-bond acceptors (Lipinski definition) is 7. The van der Waals surface area contributed by atoms with Crippen LogP contribution in [0, 0.1) is 17.0 Å². The van der Waals surface area contributed by atoms with Crippen molar-refractivity contribution in [2.75, 3.05) is 37.7 Å². The highest BCUT2D eigenvalue weighted by atomic mass is 32.2. The number of piperazine rings is 1. The Hall–Kier alpha value is -3.51. The van der Waals surface area contributed by atoms with E-state index in [0.29, 0.717) is 23.9 Å². The van der Waals surface area contributed by atoms with Crippen molar-refractivity contribution in [2.24, 2.45) is 5.41 Å². The zero-order valence-electron chi connectivity index (χ0n) is 21.5. The summed E-state index contributed by atoms with van der Waals surface area (Å²) in [7, 11) is -3.64. The molecule has 2 aromatic carbocycles. The Morgan fingerprint density at radius 2 is 1.74 bits per heavy atom. The molecule has 2 aliphatic rings. The molecule has 1 saturated carbocycles. The molecule has 1 N–H and O–H groups in total. The van der Waals surface area contributed by atoms with Crippen molar-refractivity contribution in [3.8, 4) is 17.2 Å². The zero-order chi connectivity index (χ0) is 27.8. The van der Waals surface area contributed by atoms with E-state index >= 15 is 0 Å². The lowest BCUT2D eigenvalue weighted by atomic mass is 10.1. The number of sulfonamides is 1. The van der Waals surface area contributed by atoms with Crippen molar-refractivity contribution in [1.29, 1.82) is 0 Å². The third kappa shape index (κ3) is 5.91. The Morgan fingerprint density at radius 1 is 1.05 bits per heavy atom. The Morgan fingerprint density at radius 3 is 2.36 bits per heavy atom. The van der Waals surface area contributed by atoms with Gasteiger partial charge in [-0.2, -0.15) is 14.1 Å². The van der Waals surface area contributed by atoms with Crippen molar-refractivity contribution in [3.63, 3.8) is 0 Å². The molecular weight excluding hydrogens is 530 g/mol. The first-order valence-corrected chi connectivity index (χ1v) is 14.4. The zero-order valence-corrected chi connectivity index (χ0v) is 22.3. The molecule has 9 nitrogen and oxygen atoms in total. The fraction of sp³-hybridized carbons (Fsp3) is 0.407. The maximum Gasteiger partial charge on any atom is 0.316 e. The van der Waals surface area contributed by atoms with Crippen LogP contribution in [0.1, 0.15) is 31.7 Å². The summed E-state index contributed by atoms with van der Waals surface area (Å²) in [5.41, 5.74) is 0.183. The van der Waals surface area contributed by atoms with E-state index in [1.165, 1.54) is 22.6 Å². The average molecular weight is 561 g/mol. The number of ether oxygens (including phenoxy) is 1. The molecule has 1 aliphatic carbocycles. The van der Waals surface area contributed by atoms with Crippen LogP contribution in [0.4, 0.5) is 14.5 Å². The quantitative estimate of drug-likeness (QED) is 0.428. The summed E-state index contributed by atoms with van der Waals surface area (Å²) in [6.07, 6.45) is 4.29. The molecule has 0 amide bonds. The van der Waals surface area contributed by atoms with Crippen LogP contribution in [0.3, 0.4) is 0 Å². The second kappa shape index (κ2) is 10.6. The molecule has 2 fully saturated rings. The van der Waals surface area contributed by atoms with Gasteiger partial charge >= 0.3 is 5.56 Å². The summed E-state index contributed by atoms with van der Waals surface area (Å²) < 4.78 is 62.2. The summed E-state index contributed by atoms with van der Waals surface area (Å²) in [6.45, 7) is 3.32. The van der Waals surface area contributed by atoms with Crippen LogP contribution >= 0.6 is 0 Å². The van der Waals surface area contributed by atoms with Crippen LogP contribution in [0.25, 0.3) is 5.69 Å². The van der Waals surface area contributed by atoms with Crippen LogP contribution in [0.2, 0.25) is 0 Å². The van der Waals surface area contributed by atoms with Gasteiger partial charge in [-0.1, -0.05) is 19.1 Å². The van der Waals surface area contributed by atoms with E-state index in [0.717, 1.165) is 36.1 Å². The number of rotatable bonds is 9. The smallest absolute Gasteiger partial charge is 0.316 e. The monoisotopic (exact) mass is 560 g/mol. The van der Waals surface area contributed by atoms with E-state index < -0.39 is 27.2 Å². The van der Waals surface area contributed by atoms with Gasteiger partial charge in [-0.05, 0) is 49.1 Å². The third-order valence-corrected chi connectivity index (χ3v) is 9.32. The first-order chi connectivity index (χ1) is 18.6. The molecule has 0 spiro atoms. The molecule has 5 rings (SSSR count). The van der Waals surface area contributed by atoms with Gasteiger partial charge in [-0.15, -0.1) is 0 Å². The van der Waals surface area contributed by atoms with E-state index in [1.807, 2.05) is 4.90 Å². The van der Waals surface area contributed by atoms with Gasteiger partial charge in [-0.3, -0.25) is 4.79 Å². The van der Waals surface area contributed by atoms with E-state index in [2.05, 4.69) is 12.0 Å². The Labute approximate surface area is 225 Å². The number of aromatic nitrogens is 2. The highest BCUT2D eigenvalue weighted by molar-refractivity contribution is 7.88. The Bertz CT molecular complexity index is 1510. The van der Waals surface area contributed by atoms with Gasteiger partial charge in [0.05, 0.1) is 24.2 Å². The predicted molar refractivity (Wildman–Crippen MR) is 142 cm³/mol. The lowest BCUT2D eigenvalue weighted by Crippen LogP contribution is -2.49. The molecule has 2 heterocycles. The van der Waals surface area contributed by atoms with Crippen molar-refractivity contribution >= 4 is 15.7 Å². The van der Waals surface area contributed by atoms with Gasteiger partial charge in [-0.25, -0.2) is 17.2 Å².